The highest BCUT2D eigenvalue weighted by atomic mass is 32.2. The van der Waals surface area contributed by atoms with Crippen LogP contribution in [0.3, 0.4) is 0 Å². The normalized spacial score (nSPS) is 20.2. The van der Waals surface area contributed by atoms with E-state index in [4.69, 9.17) is 5.73 Å². The molecule has 6 nitrogen and oxygen atoms in total. The van der Waals surface area contributed by atoms with Crippen LogP contribution in [0.15, 0.2) is 52.8 Å². The maximum Gasteiger partial charge on any atom is 0.147 e. The summed E-state index contributed by atoms with van der Waals surface area (Å²) >= 11 is 0.937. The van der Waals surface area contributed by atoms with Gasteiger partial charge in [-0.05, 0) is 31.0 Å². The minimum atomic E-state index is -0.602. The van der Waals surface area contributed by atoms with Gasteiger partial charge in [0.15, 0.2) is 0 Å². The SMILES string of the molecule is N[C@@H]1c2ccnn2CC12CCN(c1cnc(Sc3c(F)cccc3F)cn1)CC2. The Morgan fingerprint density at radius 3 is 2.48 bits per heavy atom. The molecule has 1 spiro atoms. The van der Waals surface area contributed by atoms with Gasteiger partial charge in [0.25, 0.3) is 0 Å². The van der Waals surface area contributed by atoms with E-state index in [-0.39, 0.29) is 16.4 Å². The van der Waals surface area contributed by atoms with E-state index in [0.29, 0.717) is 5.03 Å². The third-order valence-electron chi connectivity index (χ3n) is 6.02. The van der Waals surface area contributed by atoms with Gasteiger partial charge in [0.05, 0.1) is 29.0 Å². The second-order valence-electron chi connectivity index (χ2n) is 7.61. The van der Waals surface area contributed by atoms with Gasteiger partial charge in [0, 0.05) is 31.2 Å². The molecule has 3 aromatic rings. The van der Waals surface area contributed by atoms with Crippen molar-refractivity contribution in [1.29, 1.82) is 0 Å². The van der Waals surface area contributed by atoms with Crippen molar-refractivity contribution in [3.05, 3.63) is 60.2 Å². The number of halogens is 2. The van der Waals surface area contributed by atoms with Crippen molar-refractivity contribution in [3.8, 4) is 0 Å². The van der Waals surface area contributed by atoms with Crippen molar-refractivity contribution >= 4 is 17.6 Å². The summed E-state index contributed by atoms with van der Waals surface area (Å²) in [5, 5.41) is 4.83. The second-order valence-corrected chi connectivity index (χ2v) is 8.64. The first-order chi connectivity index (χ1) is 14.1. The van der Waals surface area contributed by atoms with Gasteiger partial charge >= 0.3 is 0 Å². The topological polar surface area (TPSA) is 72.9 Å². The quantitative estimate of drug-likeness (QED) is 0.708. The molecule has 29 heavy (non-hydrogen) atoms. The summed E-state index contributed by atoms with van der Waals surface area (Å²) in [7, 11) is 0. The van der Waals surface area contributed by atoms with E-state index in [0.717, 1.165) is 55.7 Å². The van der Waals surface area contributed by atoms with Crippen molar-refractivity contribution in [2.45, 2.75) is 35.3 Å². The van der Waals surface area contributed by atoms with E-state index in [9.17, 15) is 8.78 Å². The molecule has 0 bridgehead atoms. The standard InChI is InChI=1S/C20H20F2N6S/c21-13-2-1-3-14(22)18(13)29-17-11-24-16(10-25-17)27-8-5-20(6-9-27)12-28-15(19(20)23)4-7-26-28/h1-4,7,10-11,19H,5-6,8-9,12,23H2/t19-/m1/s1. The van der Waals surface area contributed by atoms with Gasteiger partial charge in [-0.25, -0.2) is 18.7 Å². The van der Waals surface area contributed by atoms with E-state index < -0.39 is 11.6 Å². The maximum atomic E-state index is 13.8. The lowest BCUT2D eigenvalue weighted by molar-refractivity contribution is 0.170. The van der Waals surface area contributed by atoms with Gasteiger partial charge in [-0.3, -0.25) is 4.68 Å². The Balaban J connectivity index is 1.26. The highest BCUT2D eigenvalue weighted by Crippen LogP contribution is 2.47. The number of rotatable bonds is 3. The molecule has 1 fully saturated rings. The number of aromatic nitrogens is 4. The smallest absolute Gasteiger partial charge is 0.147 e. The molecule has 1 aromatic carbocycles. The summed E-state index contributed by atoms with van der Waals surface area (Å²) in [5.74, 6) is -0.437. The van der Waals surface area contributed by atoms with Crippen LogP contribution in [0.4, 0.5) is 14.6 Å². The lowest BCUT2D eigenvalue weighted by atomic mass is 9.73. The number of benzene rings is 1. The van der Waals surface area contributed by atoms with Crippen molar-refractivity contribution < 1.29 is 8.78 Å². The number of fused-ring (bicyclic) bond motifs is 1. The Bertz CT molecular complexity index is 1010. The summed E-state index contributed by atoms with van der Waals surface area (Å²) in [6.07, 6.45) is 6.94. The van der Waals surface area contributed by atoms with Crippen LogP contribution < -0.4 is 10.6 Å². The van der Waals surface area contributed by atoms with Crippen LogP contribution in [0, 0.1) is 17.0 Å². The molecule has 0 unspecified atom stereocenters. The average molecular weight is 414 g/mol. The molecular formula is C20H20F2N6S. The lowest BCUT2D eigenvalue weighted by Gasteiger charge is -2.41. The molecule has 2 N–H and O–H groups in total. The predicted molar refractivity (Wildman–Crippen MR) is 106 cm³/mol. The highest BCUT2D eigenvalue weighted by Gasteiger charge is 2.46. The van der Waals surface area contributed by atoms with Crippen LogP contribution in [0.2, 0.25) is 0 Å². The zero-order valence-electron chi connectivity index (χ0n) is 15.6. The molecule has 1 atom stereocenters. The van der Waals surface area contributed by atoms with Crippen LogP contribution in [-0.2, 0) is 6.54 Å². The second kappa shape index (κ2) is 7.07. The van der Waals surface area contributed by atoms with Gasteiger partial charge in [-0.1, -0.05) is 17.8 Å². The van der Waals surface area contributed by atoms with Gasteiger partial charge in [0.2, 0.25) is 0 Å². The molecule has 2 aromatic heterocycles. The molecule has 0 aliphatic carbocycles. The fourth-order valence-electron chi connectivity index (χ4n) is 4.31. The first kappa shape index (κ1) is 18.5. The largest absolute Gasteiger partial charge is 0.355 e. The van der Waals surface area contributed by atoms with Gasteiger partial charge in [-0.15, -0.1) is 0 Å². The van der Waals surface area contributed by atoms with Gasteiger partial charge < -0.3 is 10.6 Å². The van der Waals surface area contributed by atoms with E-state index >= 15 is 0 Å². The monoisotopic (exact) mass is 414 g/mol. The Hall–Kier alpha value is -2.52. The molecule has 2 aliphatic heterocycles. The van der Waals surface area contributed by atoms with Crippen molar-refractivity contribution in [2.24, 2.45) is 11.1 Å². The number of piperidine rings is 1. The first-order valence-corrected chi connectivity index (χ1v) is 10.3. The average Bonchev–Trinajstić information content (AvgIpc) is 3.28. The minimum absolute atomic E-state index is 0.00711. The molecule has 0 amide bonds. The fourth-order valence-corrected chi connectivity index (χ4v) is 5.06. The summed E-state index contributed by atoms with van der Waals surface area (Å²) in [4.78, 5) is 10.9. The molecule has 0 saturated carbocycles. The van der Waals surface area contributed by atoms with E-state index in [1.165, 1.54) is 18.2 Å². The summed E-state index contributed by atoms with van der Waals surface area (Å²) < 4.78 is 29.7. The lowest BCUT2D eigenvalue weighted by Crippen LogP contribution is -2.45. The molecule has 1 saturated heterocycles. The third-order valence-corrected chi connectivity index (χ3v) is 7.03. The Labute approximate surface area is 171 Å². The maximum absolute atomic E-state index is 13.8. The van der Waals surface area contributed by atoms with Crippen LogP contribution >= 0.6 is 11.8 Å². The molecular weight excluding hydrogens is 394 g/mol. The number of hydrogen-bond donors (Lipinski definition) is 1. The Kier molecular flexibility index (Phi) is 4.51. The number of nitrogens with zero attached hydrogens (tertiary/aromatic N) is 5. The molecule has 4 heterocycles. The van der Waals surface area contributed by atoms with E-state index in [1.54, 1.807) is 18.6 Å². The predicted octanol–water partition coefficient (Wildman–Crippen LogP) is 3.40. The molecule has 150 valence electrons. The van der Waals surface area contributed by atoms with Crippen LogP contribution in [0.25, 0.3) is 0 Å². The van der Waals surface area contributed by atoms with Crippen molar-refractivity contribution in [3.63, 3.8) is 0 Å². The number of anilines is 1. The summed E-state index contributed by atoms with van der Waals surface area (Å²) in [6, 6.07) is 5.82. The van der Waals surface area contributed by atoms with Crippen LogP contribution in [-0.4, -0.2) is 32.8 Å². The zero-order valence-corrected chi connectivity index (χ0v) is 16.4. The van der Waals surface area contributed by atoms with E-state index in [2.05, 4.69) is 20.0 Å². The summed E-state index contributed by atoms with van der Waals surface area (Å²) in [6.45, 7) is 2.53. The van der Waals surface area contributed by atoms with Gasteiger partial charge in [-0.2, -0.15) is 5.10 Å². The van der Waals surface area contributed by atoms with Crippen molar-refractivity contribution in [1.82, 2.24) is 19.7 Å². The number of nitrogens with two attached hydrogens (primary N) is 1. The minimum Gasteiger partial charge on any atom is -0.355 e. The Morgan fingerprint density at radius 2 is 1.83 bits per heavy atom. The molecule has 2 aliphatic rings. The molecule has 9 heteroatoms. The highest BCUT2D eigenvalue weighted by molar-refractivity contribution is 7.99. The van der Waals surface area contributed by atoms with Gasteiger partial charge in [0.1, 0.15) is 22.5 Å². The first-order valence-electron chi connectivity index (χ1n) is 9.52. The molecule has 5 rings (SSSR count). The Morgan fingerprint density at radius 1 is 1.07 bits per heavy atom. The number of hydrogen-bond acceptors (Lipinski definition) is 6. The third kappa shape index (κ3) is 3.18. The van der Waals surface area contributed by atoms with Crippen molar-refractivity contribution in [2.75, 3.05) is 18.0 Å². The fraction of sp³-hybridized carbons (Fsp3) is 0.350. The van der Waals surface area contributed by atoms with E-state index in [1.807, 2.05) is 10.7 Å². The molecule has 0 radical (unpaired) electrons. The van der Waals surface area contributed by atoms with Crippen LogP contribution in [0.5, 0.6) is 0 Å². The summed E-state index contributed by atoms with van der Waals surface area (Å²) in [5.41, 5.74) is 7.69. The van der Waals surface area contributed by atoms with Crippen LogP contribution in [0.1, 0.15) is 24.6 Å². The zero-order chi connectivity index (χ0) is 20.0.